The third kappa shape index (κ3) is 2.95. The number of aliphatic hydroxyl groups is 1. The van der Waals surface area contributed by atoms with Gasteiger partial charge >= 0.3 is 5.97 Å². The first-order chi connectivity index (χ1) is 15.3. The van der Waals surface area contributed by atoms with Gasteiger partial charge in [-0.05, 0) is 56.3 Å². The van der Waals surface area contributed by atoms with E-state index in [1.807, 2.05) is 6.92 Å². The Morgan fingerprint density at radius 1 is 1.27 bits per heavy atom. The fraction of sp³-hybridized carbons (Fsp3) is 0.720. The van der Waals surface area contributed by atoms with Crippen LogP contribution in [0.25, 0.3) is 0 Å². The van der Waals surface area contributed by atoms with Crippen LogP contribution in [0.2, 0.25) is 0 Å². The molecule has 4 aliphatic carbocycles. The molecule has 1 N–H and O–H groups in total. The summed E-state index contributed by atoms with van der Waals surface area (Å²) in [6, 6.07) is 0. The highest BCUT2D eigenvalue weighted by atomic mass is 32.1. The van der Waals surface area contributed by atoms with Crippen LogP contribution in [0.5, 0.6) is 0 Å². The molecule has 4 rings (SSSR count). The Hall–Kier alpha value is -1.54. The van der Waals surface area contributed by atoms with Crippen molar-refractivity contribution in [3.05, 3.63) is 23.8 Å². The number of hydrogen-bond donors (Lipinski definition) is 2. The number of carbonyl (C=O) groups excluding carboxylic acids is 3. The van der Waals surface area contributed by atoms with Crippen molar-refractivity contribution < 1.29 is 33.0 Å². The SMILES string of the molecule is CCCC(=O)O[C@]1(C(=O)S)[C@H](C)CC2C3C[C@H](F)C4=CC(=O)C=CC4(C)[C@@]3(F)[C@@H](O)CC21C. The third-order valence-electron chi connectivity index (χ3n) is 9.22. The fourth-order valence-electron chi connectivity index (χ4n) is 7.68. The van der Waals surface area contributed by atoms with Gasteiger partial charge in [0.25, 0.3) is 0 Å². The predicted molar refractivity (Wildman–Crippen MR) is 121 cm³/mol. The number of esters is 1. The van der Waals surface area contributed by atoms with Gasteiger partial charge in [-0.1, -0.05) is 26.8 Å². The molecule has 0 amide bonds. The van der Waals surface area contributed by atoms with Gasteiger partial charge in [0.2, 0.25) is 5.12 Å². The molecule has 0 aromatic carbocycles. The highest BCUT2D eigenvalue weighted by molar-refractivity contribution is 7.96. The first-order valence-electron chi connectivity index (χ1n) is 11.7. The Balaban J connectivity index is 1.85. The minimum absolute atomic E-state index is 0.0494. The Morgan fingerprint density at radius 3 is 2.55 bits per heavy atom. The summed E-state index contributed by atoms with van der Waals surface area (Å²) < 4.78 is 38.5. The zero-order valence-electron chi connectivity index (χ0n) is 19.4. The maximum Gasteiger partial charge on any atom is 0.306 e. The van der Waals surface area contributed by atoms with Crippen LogP contribution in [-0.2, 0) is 19.1 Å². The van der Waals surface area contributed by atoms with E-state index in [4.69, 9.17) is 4.74 Å². The van der Waals surface area contributed by atoms with E-state index in [-0.39, 0.29) is 24.8 Å². The monoisotopic (exact) mass is 482 g/mol. The van der Waals surface area contributed by atoms with Gasteiger partial charge in [0.05, 0.1) is 6.10 Å². The number of carbonyl (C=O) groups is 3. The van der Waals surface area contributed by atoms with Crippen molar-refractivity contribution in [2.75, 3.05) is 0 Å². The highest BCUT2D eigenvalue weighted by Gasteiger charge is 2.77. The second kappa shape index (κ2) is 7.74. The minimum Gasteiger partial charge on any atom is -0.449 e. The molecule has 0 aromatic heterocycles. The van der Waals surface area contributed by atoms with Gasteiger partial charge in [-0.15, -0.1) is 12.6 Å². The van der Waals surface area contributed by atoms with Crippen molar-refractivity contribution in [2.45, 2.75) is 83.3 Å². The molecule has 8 heteroatoms. The molecule has 3 fully saturated rings. The fourth-order valence-corrected chi connectivity index (χ4v) is 8.20. The summed E-state index contributed by atoms with van der Waals surface area (Å²) >= 11 is 4.12. The highest BCUT2D eigenvalue weighted by Crippen LogP contribution is 2.71. The lowest BCUT2D eigenvalue weighted by Crippen LogP contribution is -2.70. The quantitative estimate of drug-likeness (QED) is 0.466. The molecule has 0 radical (unpaired) electrons. The number of thiol groups is 1. The van der Waals surface area contributed by atoms with E-state index >= 15 is 8.78 Å². The van der Waals surface area contributed by atoms with Crippen molar-refractivity contribution in [3.63, 3.8) is 0 Å². The minimum atomic E-state index is -2.24. The van der Waals surface area contributed by atoms with Gasteiger partial charge in [0.1, 0.15) is 6.17 Å². The molecule has 4 aliphatic rings. The molecule has 3 saturated carbocycles. The predicted octanol–water partition coefficient (Wildman–Crippen LogP) is 4.09. The number of allylic oxidation sites excluding steroid dienone is 4. The van der Waals surface area contributed by atoms with Gasteiger partial charge in [0.15, 0.2) is 17.1 Å². The number of fused-ring (bicyclic) bond motifs is 5. The number of aliphatic hydroxyl groups excluding tert-OH is 1. The van der Waals surface area contributed by atoms with Gasteiger partial charge in [-0.25, -0.2) is 8.78 Å². The van der Waals surface area contributed by atoms with Gasteiger partial charge < -0.3 is 9.84 Å². The van der Waals surface area contributed by atoms with Crippen molar-refractivity contribution in [1.82, 2.24) is 0 Å². The van der Waals surface area contributed by atoms with Crippen LogP contribution < -0.4 is 0 Å². The van der Waals surface area contributed by atoms with E-state index in [1.165, 1.54) is 19.1 Å². The van der Waals surface area contributed by atoms with Crippen LogP contribution in [0.15, 0.2) is 23.8 Å². The van der Waals surface area contributed by atoms with Crippen molar-refractivity contribution in [1.29, 1.82) is 0 Å². The Morgan fingerprint density at radius 2 is 1.94 bits per heavy atom. The molecule has 0 aromatic rings. The van der Waals surface area contributed by atoms with E-state index in [0.29, 0.717) is 12.8 Å². The molecule has 0 bridgehead atoms. The van der Waals surface area contributed by atoms with E-state index in [0.717, 1.165) is 6.08 Å². The summed E-state index contributed by atoms with van der Waals surface area (Å²) in [5, 5.41) is 10.7. The summed E-state index contributed by atoms with van der Waals surface area (Å²) in [6.07, 6.45) is 1.24. The molecule has 0 heterocycles. The summed E-state index contributed by atoms with van der Waals surface area (Å²) in [5.74, 6) is -2.91. The standard InChI is InChI=1S/C25H32F2O5S/c1-5-6-20(30)32-25(21(31)33)13(2)9-15-16-11-18(26)17-10-14(28)7-8-22(17,3)24(16,27)19(29)12-23(15,25)4/h7-8,10,13,15-16,18-19,29H,5-6,9,11-12H2,1-4H3,(H,31,33)/t13-,15?,16?,18+,19+,22?,23?,24+,25+/m1/s1. The first-order valence-corrected chi connectivity index (χ1v) is 12.2. The first kappa shape index (κ1) is 24.6. The number of ketones is 1. The summed E-state index contributed by atoms with van der Waals surface area (Å²) in [5.41, 5.74) is -6.46. The van der Waals surface area contributed by atoms with Crippen LogP contribution in [0, 0.1) is 28.6 Å². The number of halogens is 2. The maximum absolute atomic E-state index is 17.2. The molecule has 4 unspecified atom stereocenters. The number of hydrogen-bond acceptors (Lipinski definition) is 5. The summed E-state index contributed by atoms with van der Waals surface area (Å²) in [4.78, 5) is 37.5. The number of alkyl halides is 2. The molecule has 9 atom stereocenters. The number of rotatable bonds is 4. The Labute approximate surface area is 198 Å². The van der Waals surface area contributed by atoms with E-state index in [2.05, 4.69) is 12.6 Å². The summed E-state index contributed by atoms with van der Waals surface area (Å²) in [6.45, 7) is 6.85. The Bertz CT molecular complexity index is 964. The lowest BCUT2D eigenvalue weighted by Gasteiger charge is -2.63. The van der Waals surface area contributed by atoms with Crippen LogP contribution in [0.1, 0.15) is 59.8 Å². The lowest BCUT2D eigenvalue weighted by molar-refractivity contribution is -0.228. The average molecular weight is 483 g/mol. The van der Waals surface area contributed by atoms with Crippen molar-refractivity contribution in [2.24, 2.45) is 28.6 Å². The Kier molecular flexibility index (Phi) is 5.76. The lowest BCUT2D eigenvalue weighted by atomic mass is 9.44. The van der Waals surface area contributed by atoms with Gasteiger partial charge in [-0.2, -0.15) is 0 Å². The topological polar surface area (TPSA) is 80.7 Å². The largest absolute Gasteiger partial charge is 0.449 e. The molecular formula is C25H32F2O5S. The van der Waals surface area contributed by atoms with Crippen LogP contribution in [0.3, 0.4) is 0 Å². The van der Waals surface area contributed by atoms with Crippen molar-refractivity contribution in [3.8, 4) is 0 Å². The van der Waals surface area contributed by atoms with Crippen molar-refractivity contribution >= 4 is 29.5 Å². The van der Waals surface area contributed by atoms with Gasteiger partial charge in [-0.3, -0.25) is 14.4 Å². The molecule has 0 saturated heterocycles. The van der Waals surface area contributed by atoms with Crippen LogP contribution in [0.4, 0.5) is 8.78 Å². The third-order valence-corrected chi connectivity index (χ3v) is 9.55. The van der Waals surface area contributed by atoms with Crippen LogP contribution in [-0.4, -0.2) is 45.5 Å². The smallest absolute Gasteiger partial charge is 0.306 e. The zero-order valence-corrected chi connectivity index (χ0v) is 20.3. The summed E-state index contributed by atoms with van der Waals surface area (Å²) in [7, 11) is 0. The molecule has 0 aliphatic heterocycles. The maximum atomic E-state index is 17.2. The van der Waals surface area contributed by atoms with Gasteiger partial charge in [0, 0.05) is 29.1 Å². The number of ether oxygens (including phenoxy) is 1. The molecule has 0 spiro atoms. The zero-order chi connectivity index (χ0) is 24.6. The molecule has 33 heavy (non-hydrogen) atoms. The molecular weight excluding hydrogens is 450 g/mol. The van der Waals surface area contributed by atoms with E-state index in [1.54, 1.807) is 13.8 Å². The second-order valence-electron chi connectivity index (χ2n) is 10.8. The average Bonchev–Trinajstić information content (AvgIpc) is 2.94. The van der Waals surface area contributed by atoms with E-state index < -0.39 is 69.0 Å². The van der Waals surface area contributed by atoms with E-state index in [9.17, 15) is 19.5 Å². The molecule has 182 valence electrons. The second-order valence-corrected chi connectivity index (χ2v) is 11.2. The molecule has 5 nitrogen and oxygen atoms in total. The van der Waals surface area contributed by atoms with Crippen LogP contribution >= 0.6 is 12.6 Å². The normalized spacial score (nSPS) is 48.4.